The van der Waals surface area contributed by atoms with Gasteiger partial charge in [-0.2, -0.15) is 5.10 Å². The van der Waals surface area contributed by atoms with Crippen LogP contribution >= 0.6 is 15.9 Å². The van der Waals surface area contributed by atoms with Gasteiger partial charge in [-0.05, 0) is 24.1 Å². The van der Waals surface area contributed by atoms with E-state index in [9.17, 15) is 9.59 Å². The zero-order chi connectivity index (χ0) is 13.6. The summed E-state index contributed by atoms with van der Waals surface area (Å²) in [4.78, 5) is 23.1. The minimum atomic E-state index is -0.277. The summed E-state index contributed by atoms with van der Waals surface area (Å²) >= 11 is 3.51. The monoisotopic (exact) mass is 321 g/mol. The SMILES string of the molecule is Cn1cc2c(Br)cc(C3CCC(=O)NC3=O)cc2n1. The van der Waals surface area contributed by atoms with Crippen LogP contribution in [0.2, 0.25) is 0 Å². The first kappa shape index (κ1) is 12.3. The average Bonchev–Trinajstić information content (AvgIpc) is 2.70. The molecule has 1 fully saturated rings. The molecule has 2 aromatic rings. The van der Waals surface area contributed by atoms with Gasteiger partial charge in [-0.15, -0.1) is 0 Å². The van der Waals surface area contributed by atoms with Crippen LogP contribution in [0.5, 0.6) is 0 Å². The number of carbonyl (C=O) groups is 2. The van der Waals surface area contributed by atoms with Crippen molar-refractivity contribution in [2.45, 2.75) is 18.8 Å². The van der Waals surface area contributed by atoms with Crippen molar-refractivity contribution in [2.75, 3.05) is 0 Å². The van der Waals surface area contributed by atoms with Crippen LogP contribution in [0.3, 0.4) is 0 Å². The minimum Gasteiger partial charge on any atom is -0.296 e. The van der Waals surface area contributed by atoms with E-state index in [1.807, 2.05) is 25.4 Å². The summed E-state index contributed by atoms with van der Waals surface area (Å²) in [7, 11) is 1.86. The van der Waals surface area contributed by atoms with E-state index in [2.05, 4.69) is 26.3 Å². The van der Waals surface area contributed by atoms with Gasteiger partial charge in [0.05, 0.1) is 11.4 Å². The molecule has 0 bridgehead atoms. The van der Waals surface area contributed by atoms with Crippen LogP contribution < -0.4 is 5.32 Å². The maximum atomic E-state index is 11.9. The largest absolute Gasteiger partial charge is 0.296 e. The number of halogens is 1. The summed E-state index contributed by atoms with van der Waals surface area (Å²) in [6.07, 6.45) is 2.86. The number of rotatable bonds is 1. The first-order valence-corrected chi connectivity index (χ1v) is 6.80. The van der Waals surface area contributed by atoms with Crippen molar-refractivity contribution in [3.05, 3.63) is 28.4 Å². The Bertz CT molecular complexity index is 692. The zero-order valence-corrected chi connectivity index (χ0v) is 11.9. The molecule has 1 saturated heterocycles. The number of nitrogens with zero attached hydrogens (tertiary/aromatic N) is 2. The molecule has 2 amide bonds. The molecule has 1 N–H and O–H groups in total. The predicted octanol–water partition coefficient (Wildman–Crippen LogP) is 1.86. The molecular weight excluding hydrogens is 310 g/mol. The third kappa shape index (κ3) is 2.16. The molecule has 0 spiro atoms. The fourth-order valence-corrected chi connectivity index (χ4v) is 3.00. The molecule has 5 nitrogen and oxygen atoms in total. The number of amides is 2. The van der Waals surface area contributed by atoms with Crippen molar-refractivity contribution in [3.63, 3.8) is 0 Å². The van der Waals surface area contributed by atoms with E-state index in [0.717, 1.165) is 20.9 Å². The van der Waals surface area contributed by atoms with Crippen molar-refractivity contribution in [1.82, 2.24) is 15.1 Å². The van der Waals surface area contributed by atoms with Gasteiger partial charge >= 0.3 is 0 Å². The molecule has 2 heterocycles. The number of aryl methyl sites for hydroxylation is 1. The molecule has 1 aromatic carbocycles. The van der Waals surface area contributed by atoms with E-state index >= 15 is 0 Å². The summed E-state index contributed by atoms with van der Waals surface area (Å²) in [6, 6.07) is 3.85. The second-order valence-corrected chi connectivity index (χ2v) is 5.60. The number of imide groups is 1. The smallest absolute Gasteiger partial charge is 0.234 e. The Labute approximate surface area is 118 Å². The Morgan fingerprint density at radius 2 is 2.21 bits per heavy atom. The van der Waals surface area contributed by atoms with E-state index in [0.29, 0.717) is 12.8 Å². The number of benzene rings is 1. The Kier molecular flexibility index (Phi) is 2.89. The van der Waals surface area contributed by atoms with Crippen molar-refractivity contribution >= 4 is 38.6 Å². The van der Waals surface area contributed by atoms with Crippen molar-refractivity contribution < 1.29 is 9.59 Å². The third-order valence-corrected chi connectivity index (χ3v) is 4.01. The van der Waals surface area contributed by atoms with E-state index in [1.54, 1.807) is 4.68 Å². The summed E-state index contributed by atoms with van der Waals surface area (Å²) in [5.41, 5.74) is 1.74. The lowest BCUT2D eigenvalue weighted by Gasteiger charge is -2.21. The fraction of sp³-hybridized carbons (Fsp3) is 0.308. The lowest BCUT2D eigenvalue weighted by molar-refractivity contribution is -0.134. The van der Waals surface area contributed by atoms with Crippen molar-refractivity contribution in [3.8, 4) is 0 Å². The average molecular weight is 322 g/mol. The topological polar surface area (TPSA) is 64.0 Å². The summed E-state index contributed by atoms with van der Waals surface area (Å²) < 4.78 is 2.65. The summed E-state index contributed by atoms with van der Waals surface area (Å²) in [5.74, 6) is -0.696. The summed E-state index contributed by atoms with van der Waals surface area (Å²) in [6.45, 7) is 0. The molecule has 1 aliphatic heterocycles. The third-order valence-electron chi connectivity index (χ3n) is 3.35. The highest BCUT2D eigenvalue weighted by Gasteiger charge is 2.28. The van der Waals surface area contributed by atoms with Crippen LogP contribution in [0.1, 0.15) is 24.3 Å². The number of fused-ring (bicyclic) bond motifs is 1. The van der Waals surface area contributed by atoms with E-state index in [1.165, 1.54) is 0 Å². The van der Waals surface area contributed by atoms with Crippen LogP contribution in [-0.4, -0.2) is 21.6 Å². The highest BCUT2D eigenvalue weighted by atomic mass is 79.9. The fourth-order valence-electron chi connectivity index (χ4n) is 2.43. The Morgan fingerprint density at radius 1 is 1.42 bits per heavy atom. The van der Waals surface area contributed by atoms with E-state index < -0.39 is 0 Å². The molecule has 0 aliphatic carbocycles. The molecule has 3 rings (SSSR count). The molecule has 1 aromatic heterocycles. The quantitative estimate of drug-likeness (QED) is 0.815. The first-order chi connectivity index (χ1) is 9.04. The van der Waals surface area contributed by atoms with Gasteiger partial charge in [-0.25, -0.2) is 0 Å². The van der Waals surface area contributed by atoms with Gasteiger partial charge in [-0.3, -0.25) is 19.6 Å². The number of piperidine rings is 1. The van der Waals surface area contributed by atoms with Gasteiger partial charge in [0.15, 0.2) is 0 Å². The van der Waals surface area contributed by atoms with E-state index in [4.69, 9.17) is 0 Å². The molecule has 0 radical (unpaired) electrons. The Hall–Kier alpha value is -1.69. The molecule has 1 atom stereocenters. The molecule has 0 saturated carbocycles. The highest BCUT2D eigenvalue weighted by molar-refractivity contribution is 9.10. The number of hydrogen-bond acceptors (Lipinski definition) is 3. The van der Waals surface area contributed by atoms with Crippen LogP contribution in [-0.2, 0) is 16.6 Å². The lowest BCUT2D eigenvalue weighted by atomic mass is 9.90. The van der Waals surface area contributed by atoms with Crippen molar-refractivity contribution in [2.24, 2.45) is 7.05 Å². The number of carbonyl (C=O) groups excluding carboxylic acids is 2. The van der Waals surface area contributed by atoms with Crippen LogP contribution in [0.15, 0.2) is 22.8 Å². The molecule has 1 aliphatic rings. The molecule has 6 heteroatoms. The number of aromatic nitrogens is 2. The van der Waals surface area contributed by atoms with Gasteiger partial charge in [-0.1, -0.05) is 15.9 Å². The van der Waals surface area contributed by atoms with Crippen LogP contribution in [0.25, 0.3) is 10.9 Å². The lowest BCUT2D eigenvalue weighted by Crippen LogP contribution is -2.39. The second-order valence-electron chi connectivity index (χ2n) is 4.74. The van der Waals surface area contributed by atoms with Gasteiger partial charge in [0.1, 0.15) is 0 Å². The standard InChI is InChI=1S/C13H12BrN3O2/c1-17-6-9-10(14)4-7(5-11(9)16-17)8-2-3-12(18)15-13(8)19/h4-6,8H,2-3H2,1H3,(H,15,18,19). The Balaban J connectivity index is 2.05. The van der Waals surface area contributed by atoms with Crippen LogP contribution in [0, 0.1) is 0 Å². The normalized spacial score (nSPS) is 19.8. The van der Waals surface area contributed by atoms with Gasteiger partial charge in [0.25, 0.3) is 0 Å². The number of nitrogens with one attached hydrogen (secondary N) is 1. The molecule has 19 heavy (non-hydrogen) atoms. The van der Waals surface area contributed by atoms with Crippen LogP contribution in [0.4, 0.5) is 0 Å². The molecule has 98 valence electrons. The first-order valence-electron chi connectivity index (χ1n) is 6.01. The highest BCUT2D eigenvalue weighted by Crippen LogP contribution is 2.31. The minimum absolute atomic E-state index is 0.195. The van der Waals surface area contributed by atoms with Gasteiger partial charge < -0.3 is 0 Å². The zero-order valence-electron chi connectivity index (χ0n) is 10.3. The molecule has 1 unspecified atom stereocenters. The maximum absolute atomic E-state index is 11.9. The van der Waals surface area contributed by atoms with Gasteiger partial charge in [0, 0.05) is 29.5 Å². The predicted molar refractivity (Wildman–Crippen MR) is 73.5 cm³/mol. The maximum Gasteiger partial charge on any atom is 0.234 e. The van der Waals surface area contributed by atoms with E-state index in [-0.39, 0.29) is 17.7 Å². The van der Waals surface area contributed by atoms with Gasteiger partial charge in [0.2, 0.25) is 11.8 Å². The van der Waals surface area contributed by atoms with Crippen molar-refractivity contribution in [1.29, 1.82) is 0 Å². The summed E-state index contributed by atoms with van der Waals surface area (Å²) in [5, 5.41) is 7.75. The second kappa shape index (κ2) is 4.45. The Morgan fingerprint density at radius 3 is 2.95 bits per heavy atom. The number of hydrogen-bond donors (Lipinski definition) is 1. The molecular formula is C13H12BrN3O2.